The molecular formula is C37H25N. The van der Waals surface area contributed by atoms with E-state index in [0.29, 0.717) is 0 Å². The van der Waals surface area contributed by atoms with Crippen LogP contribution < -0.4 is 0 Å². The predicted molar refractivity (Wildman–Crippen MR) is 165 cm³/mol. The van der Waals surface area contributed by atoms with E-state index in [2.05, 4.69) is 144 Å². The highest BCUT2D eigenvalue weighted by Crippen LogP contribution is 2.41. The number of para-hydroxylation sites is 1. The zero-order valence-corrected chi connectivity index (χ0v) is 20.9. The fraction of sp³-hybridized carbons (Fsp3) is 0.0270. The molecule has 1 heteroatoms. The molecule has 0 spiro atoms. The molecule has 0 fully saturated rings. The van der Waals surface area contributed by atoms with Crippen LogP contribution in [0.2, 0.25) is 0 Å². The lowest BCUT2D eigenvalue weighted by Gasteiger charge is -2.13. The molecule has 1 aliphatic carbocycles. The van der Waals surface area contributed by atoms with Crippen LogP contribution in [0.3, 0.4) is 0 Å². The Morgan fingerprint density at radius 2 is 1.13 bits per heavy atom. The van der Waals surface area contributed by atoms with Crippen LogP contribution in [-0.2, 0) is 0 Å². The second-order valence-electron chi connectivity index (χ2n) is 10.1. The van der Waals surface area contributed by atoms with E-state index in [1.807, 2.05) is 0 Å². The van der Waals surface area contributed by atoms with Gasteiger partial charge in [0.2, 0.25) is 0 Å². The molecule has 0 unspecified atom stereocenters. The van der Waals surface area contributed by atoms with Crippen molar-refractivity contribution in [1.82, 2.24) is 4.57 Å². The molecule has 178 valence electrons. The smallest absolute Gasteiger partial charge is 0.0547 e. The van der Waals surface area contributed by atoms with Gasteiger partial charge < -0.3 is 4.57 Å². The maximum absolute atomic E-state index is 2.42. The summed E-state index contributed by atoms with van der Waals surface area (Å²) in [6.45, 7) is 0. The van der Waals surface area contributed by atoms with Crippen LogP contribution in [0.25, 0.3) is 70.9 Å². The fourth-order valence-electron chi connectivity index (χ4n) is 6.35. The van der Waals surface area contributed by atoms with E-state index in [1.54, 1.807) is 0 Å². The Morgan fingerprint density at radius 1 is 0.500 bits per heavy atom. The average Bonchev–Trinajstić information content (AvgIpc) is 3.10. The lowest BCUT2D eigenvalue weighted by Crippen LogP contribution is -1.94. The van der Waals surface area contributed by atoms with Crippen LogP contribution in [0.4, 0.5) is 0 Å². The molecule has 1 heterocycles. The standard InChI is InChI=1S/C37H25N/c1-2-4-13-26(12-3-1)38-35-20-10-9-18-33(35)37-27(19-11-21-36(37)38)25-22-23-32-30-16-6-5-14-28(30)29-15-7-8-17-31(29)34(32)24-25/h1-3,5-24H,4H2. The van der Waals surface area contributed by atoms with Crippen LogP contribution in [0.1, 0.15) is 6.42 Å². The number of rotatable bonds is 2. The van der Waals surface area contributed by atoms with Crippen molar-refractivity contribution >= 4 is 59.8 Å². The van der Waals surface area contributed by atoms with Gasteiger partial charge in [-0.2, -0.15) is 0 Å². The molecular weight excluding hydrogens is 458 g/mol. The van der Waals surface area contributed by atoms with Crippen molar-refractivity contribution in [2.45, 2.75) is 6.42 Å². The number of hydrogen-bond donors (Lipinski definition) is 0. The first-order valence-corrected chi connectivity index (χ1v) is 13.3. The molecule has 8 rings (SSSR count). The Labute approximate surface area is 221 Å². The Balaban J connectivity index is 1.46. The van der Waals surface area contributed by atoms with Gasteiger partial charge in [0.1, 0.15) is 0 Å². The molecule has 1 aromatic heterocycles. The summed E-state index contributed by atoms with van der Waals surface area (Å²) in [5.41, 5.74) is 6.22. The summed E-state index contributed by atoms with van der Waals surface area (Å²) in [5.74, 6) is 0. The number of allylic oxidation sites excluding steroid dienone is 6. The Morgan fingerprint density at radius 3 is 1.89 bits per heavy atom. The summed E-state index contributed by atoms with van der Waals surface area (Å²) in [4.78, 5) is 0. The van der Waals surface area contributed by atoms with Crippen molar-refractivity contribution in [2.24, 2.45) is 0 Å². The van der Waals surface area contributed by atoms with E-state index in [0.717, 1.165) is 6.42 Å². The van der Waals surface area contributed by atoms with Crippen molar-refractivity contribution in [2.75, 3.05) is 0 Å². The molecule has 1 aliphatic rings. The summed E-state index contributed by atoms with van der Waals surface area (Å²) < 4.78 is 2.42. The average molecular weight is 484 g/mol. The van der Waals surface area contributed by atoms with E-state index in [9.17, 15) is 0 Å². The summed E-state index contributed by atoms with van der Waals surface area (Å²) in [6, 6.07) is 40.2. The molecule has 7 aromatic rings. The first-order chi connectivity index (χ1) is 18.9. The molecule has 0 N–H and O–H groups in total. The molecule has 0 atom stereocenters. The van der Waals surface area contributed by atoms with Crippen LogP contribution >= 0.6 is 0 Å². The molecule has 0 saturated heterocycles. The minimum absolute atomic E-state index is 0.932. The van der Waals surface area contributed by atoms with Crippen LogP contribution in [0.5, 0.6) is 0 Å². The van der Waals surface area contributed by atoms with Gasteiger partial charge in [0, 0.05) is 16.5 Å². The third-order valence-electron chi connectivity index (χ3n) is 7.99. The third kappa shape index (κ3) is 3.06. The van der Waals surface area contributed by atoms with Crippen molar-refractivity contribution in [3.63, 3.8) is 0 Å². The summed E-state index contributed by atoms with van der Waals surface area (Å²) in [6.07, 6.45) is 11.9. The van der Waals surface area contributed by atoms with Crippen molar-refractivity contribution in [3.8, 4) is 11.1 Å². The Hall–Kier alpha value is -4.88. The quantitative estimate of drug-likeness (QED) is 0.216. The number of hydrogen-bond acceptors (Lipinski definition) is 0. The van der Waals surface area contributed by atoms with Gasteiger partial charge in [-0.1, -0.05) is 115 Å². The number of nitrogens with zero attached hydrogens (tertiary/aromatic N) is 1. The summed E-state index contributed by atoms with van der Waals surface area (Å²) in [7, 11) is 0. The maximum Gasteiger partial charge on any atom is 0.0547 e. The second-order valence-corrected chi connectivity index (χ2v) is 10.1. The van der Waals surface area contributed by atoms with E-state index in [1.165, 1.54) is 70.9 Å². The van der Waals surface area contributed by atoms with Crippen molar-refractivity contribution in [3.05, 3.63) is 140 Å². The third-order valence-corrected chi connectivity index (χ3v) is 7.99. The predicted octanol–water partition coefficient (Wildman–Crippen LogP) is 10.3. The minimum Gasteiger partial charge on any atom is -0.310 e. The number of aromatic nitrogens is 1. The molecule has 0 bridgehead atoms. The Bertz CT molecular complexity index is 2110. The van der Waals surface area contributed by atoms with Gasteiger partial charge in [0.25, 0.3) is 0 Å². The first kappa shape index (κ1) is 21.2. The van der Waals surface area contributed by atoms with Crippen LogP contribution in [-0.4, -0.2) is 4.57 Å². The Kier molecular flexibility index (Phi) is 4.65. The van der Waals surface area contributed by atoms with Crippen LogP contribution in [0.15, 0.2) is 140 Å². The van der Waals surface area contributed by atoms with E-state index in [4.69, 9.17) is 0 Å². The molecule has 38 heavy (non-hydrogen) atoms. The van der Waals surface area contributed by atoms with Gasteiger partial charge in [-0.05, 0) is 74.1 Å². The molecule has 0 saturated carbocycles. The molecule has 0 aliphatic heterocycles. The second kappa shape index (κ2) is 8.33. The van der Waals surface area contributed by atoms with Gasteiger partial charge in [0.15, 0.2) is 0 Å². The van der Waals surface area contributed by atoms with Gasteiger partial charge >= 0.3 is 0 Å². The van der Waals surface area contributed by atoms with Crippen LogP contribution in [0, 0.1) is 0 Å². The van der Waals surface area contributed by atoms with E-state index < -0.39 is 0 Å². The normalized spacial score (nSPS) is 13.6. The highest BCUT2D eigenvalue weighted by atomic mass is 15.0. The molecule has 0 radical (unpaired) electrons. The zero-order chi connectivity index (χ0) is 25.1. The highest BCUT2D eigenvalue weighted by molar-refractivity contribution is 6.26. The number of benzene rings is 6. The summed E-state index contributed by atoms with van der Waals surface area (Å²) in [5, 5.41) is 10.4. The largest absolute Gasteiger partial charge is 0.310 e. The van der Waals surface area contributed by atoms with Gasteiger partial charge in [-0.25, -0.2) is 0 Å². The lowest BCUT2D eigenvalue weighted by atomic mass is 9.91. The topological polar surface area (TPSA) is 4.93 Å². The lowest BCUT2D eigenvalue weighted by molar-refractivity contribution is 1.22. The summed E-state index contributed by atoms with van der Waals surface area (Å²) >= 11 is 0. The van der Waals surface area contributed by atoms with Gasteiger partial charge in [0.05, 0.1) is 11.0 Å². The van der Waals surface area contributed by atoms with E-state index in [-0.39, 0.29) is 0 Å². The number of fused-ring (bicyclic) bond motifs is 9. The molecule has 0 amide bonds. The maximum atomic E-state index is 2.42. The first-order valence-electron chi connectivity index (χ1n) is 13.3. The monoisotopic (exact) mass is 483 g/mol. The molecule has 1 nitrogen and oxygen atoms in total. The van der Waals surface area contributed by atoms with Gasteiger partial charge in [-0.15, -0.1) is 0 Å². The highest BCUT2D eigenvalue weighted by Gasteiger charge is 2.17. The van der Waals surface area contributed by atoms with Crippen molar-refractivity contribution < 1.29 is 0 Å². The zero-order valence-electron chi connectivity index (χ0n) is 20.9. The SMILES string of the molecule is C1=CCC=C(n2c3ccccc3c3c(-c4ccc5c6ccccc6c6ccccc6c5c4)cccc32)C=C1. The fourth-order valence-corrected chi connectivity index (χ4v) is 6.35. The van der Waals surface area contributed by atoms with E-state index >= 15 is 0 Å². The minimum atomic E-state index is 0.932. The molecule has 6 aromatic carbocycles. The van der Waals surface area contributed by atoms with Crippen molar-refractivity contribution in [1.29, 1.82) is 0 Å². The van der Waals surface area contributed by atoms with Gasteiger partial charge in [-0.3, -0.25) is 0 Å².